The zero-order valence-corrected chi connectivity index (χ0v) is 10.5. The van der Waals surface area contributed by atoms with E-state index in [2.05, 4.69) is 17.3 Å². The van der Waals surface area contributed by atoms with Crippen molar-refractivity contribution in [2.24, 2.45) is 0 Å². The number of hydrogen-bond acceptors (Lipinski definition) is 3. The van der Waals surface area contributed by atoms with Crippen LogP contribution in [0.5, 0.6) is 0 Å². The van der Waals surface area contributed by atoms with Crippen LogP contribution in [0, 0.1) is 0 Å². The molecule has 1 saturated heterocycles. The summed E-state index contributed by atoms with van der Waals surface area (Å²) in [6.07, 6.45) is 5.64. The largest absolute Gasteiger partial charge is 0.308 e. The van der Waals surface area contributed by atoms with Crippen LogP contribution in [0.1, 0.15) is 26.7 Å². The summed E-state index contributed by atoms with van der Waals surface area (Å²) < 4.78 is 1.84. The van der Waals surface area contributed by atoms with Crippen molar-refractivity contribution in [3.8, 4) is 0 Å². The van der Waals surface area contributed by atoms with Crippen LogP contribution in [-0.4, -0.2) is 34.8 Å². The number of carbonyl (C=O) groups excluding carboxylic acids is 1. The predicted octanol–water partition coefficient (Wildman–Crippen LogP) is 1.01. The highest BCUT2D eigenvalue weighted by Crippen LogP contribution is 2.20. The van der Waals surface area contributed by atoms with Gasteiger partial charge in [-0.25, -0.2) is 0 Å². The van der Waals surface area contributed by atoms with Crippen molar-refractivity contribution in [1.29, 1.82) is 0 Å². The van der Waals surface area contributed by atoms with Gasteiger partial charge in [0.15, 0.2) is 0 Å². The summed E-state index contributed by atoms with van der Waals surface area (Å²) in [5.41, 5.74) is 0.914. The quantitative estimate of drug-likeness (QED) is 0.830. The molecule has 0 aromatic carbocycles. The van der Waals surface area contributed by atoms with E-state index in [1.54, 1.807) is 6.20 Å². The number of carbonyl (C=O) groups is 1. The van der Waals surface area contributed by atoms with E-state index < -0.39 is 0 Å². The number of hydrogen-bond donors (Lipinski definition) is 1. The number of nitrogens with one attached hydrogen (secondary N) is 1. The first-order chi connectivity index (χ1) is 8.26. The first-order valence-electron chi connectivity index (χ1n) is 6.33. The lowest BCUT2D eigenvalue weighted by molar-refractivity contribution is -0.118. The van der Waals surface area contributed by atoms with Crippen LogP contribution < -0.4 is 10.2 Å². The van der Waals surface area contributed by atoms with Gasteiger partial charge in [0.05, 0.1) is 17.9 Å². The average Bonchev–Trinajstić information content (AvgIpc) is 2.93. The van der Waals surface area contributed by atoms with Crippen LogP contribution >= 0.6 is 0 Å². The van der Waals surface area contributed by atoms with E-state index in [1.807, 2.05) is 22.7 Å². The molecule has 1 aromatic heterocycles. The summed E-state index contributed by atoms with van der Waals surface area (Å²) in [5, 5.41) is 7.49. The molecule has 1 fully saturated rings. The van der Waals surface area contributed by atoms with Crippen molar-refractivity contribution >= 4 is 11.6 Å². The summed E-state index contributed by atoms with van der Waals surface area (Å²) in [5.74, 6) is 0.175. The van der Waals surface area contributed by atoms with Gasteiger partial charge < -0.3 is 10.2 Å². The minimum Gasteiger partial charge on any atom is -0.308 e. The molecule has 1 N–H and O–H groups in total. The molecule has 2 heterocycles. The maximum atomic E-state index is 12.1. The van der Waals surface area contributed by atoms with Gasteiger partial charge in [0.2, 0.25) is 5.91 Å². The van der Waals surface area contributed by atoms with Crippen molar-refractivity contribution in [3.05, 3.63) is 12.4 Å². The van der Waals surface area contributed by atoms with Crippen LogP contribution in [0.15, 0.2) is 12.4 Å². The number of rotatable bonds is 5. The summed E-state index contributed by atoms with van der Waals surface area (Å²) in [6.45, 7) is 6.66. The third kappa shape index (κ3) is 2.49. The molecule has 0 bridgehead atoms. The molecule has 1 aliphatic heterocycles. The molecule has 1 aromatic rings. The second-order valence-electron chi connectivity index (χ2n) is 4.34. The second kappa shape index (κ2) is 5.31. The van der Waals surface area contributed by atoms with Gasteiger partial charge in [0.1, 0.15) is 0 Å². The third-order valence-corrected chi connectivity index (χ3v) is 3.10. The van der Waals surface area contributed by atoms with Crippen molar-refractivity contribution in [1.82, 2.24) is 15.1 Å². The van der Waals surface area contributed by atoms with Gasteiger partial charge in [-0.3, -0.25) is 9.48 Å². The van der Waals surface area contributed by atoms with Gasteiger partial charge in [-0.1, -0.05) is 6.92 Å². The van der Waals surface area contributed by atoms with Gasteiger partial charge in [-0.2, -0.15) is 5.10 Å². The smallest absolute Gasteiger partial charge is 0.244 e. The van der Waals surface area contributed by atoms with Crippen molar-refractivity contribution in [2.45, 2.75) is 39.3 Å². The summed E-state index contributed by atoms with van der Waals surface area (Å²) in [4.78, 5) is 14.0. The maximum absolute atomic E-state index is 12.1. The maximum Gasteiger partial charge on any atom is 0.244 e. The van der Waals surface area contributed by atoms with Gasteiger partial charge in [-0.15, -0.1) is 0 Å². The second-order valence-corrected chi connectivity index (χ2v) is 4.34. The number of anilines is 1. The van der Waals surface area contributed by atoms with Gasteiger partial charge in [0, 0.05) is 19.3 Å². The topological polar surface area (TPSA) is 50.2 Å². The monoisotopic (exact) mass is 236 g/mol. The Kier molecular flexibility index (Phi) is 3.78. The molecule has 5 heteroatoms. The Morgan fingerprint density at radius 2 is 2.35 bits per heavy atom. The Balaban J connectivity index is 2.01. The Morgan fingerprint density at radius 3 is 3.00 bits per heavy atom. The number of aromatic nitrogens is 2. The molecule has 0 radical (unpaired) electrons. The standard InChI is InChI=1S/C12H20N4O/c1-3-6-13-11-5-7-16(12(11)17)10-8-14-15(4-2)9-10/h8-9,11,13H,3-7H2,1-2H3. The van der Waals surface area contributed by atoms with Crippen molar-refractivity contribution in [3.63, 3.8) is 0 Å². The first-order valence-corrected chi connectivity index (χ1v) is 6.33. The number of aryl methyl sites for hydroxylation is 1. The van der Waals surface area contributed by atoms with E-state index >= 15 is 0 Å². The van der Waals surface area contributed by atoms with E-state index in [1.165, 1.54) is 0 Å². The Hall–Kier alpha value is -1.36. The Bertz CT molecular complexity index is 388. The third-order valence-electron chi connectivity index (χ3n) is 3.10. The van der Waals surface area contributed by atoms with E-state index in [-0.39, 0.29) is 11.9 Å². The highest BCUT2D eigenvalue weighted by Gasteiger charge is 2.32. The lowest BCUT2D eigenvalue weighted by atomic mass is 10.2. The van der Waals surface area contributed by atoms with Gasteiger partial charge in [0.25, 0.3) is 0 Å². The van der Waals surface area contributed by atoms with Crippen LogP contribution in [0.3, 0.4) is 0 Å². The van der Waals surface area contributed by atoms with E-state index in [9.17, 15) is 4.79 Å². The normalized spacial score (nSPS) is 20.2. The minimum atomic E-state index is -0.0140. The van der Waals surface area contributed by atoms with E-state index in [0.29, 0.717) is 0 Å². The molecule has 17 heavy (non-hydrogen) atoms. The molecule has 0 saturated carbocycles. The molecule has 1 atom stereocenters. The van der Waals surface area contributed by atoms with Crippen LogP contribution in [0.4, 0.5) is 5.69 Å². The fourth-order valence-corrected chi connectivity index (χ4v) is 2.11. The molecular weight excluding hydrogens is 216 g/mol. The van der Waals surface area contributed by atoms with Crippen molar-refractivity contribution in [2.75, 3.05) is 18.0 Å². The summed E-state index contributed by atoms with van der Waals surface area (Å²) in [6, 6.07) is -0.0140. The first kappa shape index (κ1) is 12.1. The Labute approximate surface area is 102 Å². The summed E-state index contributed by atoms with van der Waals surface area (Å²) in [7, 11) is 0. The molecule has 1 aliphatic rings. The lowest BCUT2D eigenvalue weighted by Crippen LogP contribution is -2.38. The Morgan fingerprint density at radius 1 is 1.53 bits per heavy atom. The molecular formula is C12H20N4O. The molecule has 2 rings (SSSR count). The molecule has 0 aliphatic carbocycles. The fraction of sp³-hybridized carbons (Fsp3) is 0.667. The zero-order valence-electron chi connectivity index (χ0n) is 10.5. The molecule has 0 spiro atoms. The predicted molar refractivity (Wildman–Crippen MR) is 67.0 cm³/mol. The minimum absolute atomic E-state index is 0.0140. The van der Waals surface area contributed by atoms with Gasteiger partial charge in [-0.05, 0) is 26.3 Å². The number of amides is 1. The molecule has 1 unspecified atom stereocenters. The highest BCUT2D eigenvalue weighted by molar-refractivity contribution is 5.99. The summed E-state index contributed by atoms with van der Waals surface area (Å²) >= 11 is 0. The van der Waals surface area contributed by atoms with Crippen LogP contribution in [-0.2, 0) is 11.3 Å². The van der Waals surface area contributed by atoms with E-state index in [0.717, 1.165) is 38.2 Å². The van der Waals surface area contributed by atoms with Crippen molar-refractivity contribution < 1.29 is 4.79 Å². The highest BCUT2D eigenvalue weighted by atomic mass is 16.2. The van der Waals surface area contributed by atoms with Crippen LogP contribution in [0.2, 0.25) is 0 Å². The zero-order chi connectivity index (χ0) is 12.3. The molecule has 5 nitrogen and oxygen atoms in total. The lowest BCUT2D eigenvalue weighted by Gasteiger charge is -2.14. The number of nitrogens with zero attached hydrogens (tertiary/aromatic N) is 3. The average molecular weight is 236 g/mol. The van der Waals surface area contributed by atoms with E-state index in [4.69, 9.17) is 0 Å². The molecule has 1 amide bonds. The van der Waals surface area contributed by atoms with Crippen LogP contribution in [0.25, 0.3) is 0 Å². The molecule has 94 valence electrons. The fourth-order valence-electron chi connectivity index (χ4n) is 2.11. The van der Waals surface area contributed by atoms with Gasteiger partial charge >= 0.3 is 0 Å². The SMILES string of the molecule is CCCNC1CCN(c2cnn(CC)c2)C1=O.